The zero-order valence-electron chi connectivity index (χ0n) is 11.7. The van der Waals surface area contributed by atoms with E-state index in [0.717, 1.165) is 32.7 Å². The van der Waals surface area contributed by atoms with Crippen molar-refractivity contribution in [2.45, 2.75) is 32.5 Å². The molecule has 5 nitrogen and oxygen atoms in total. The predicted molar refractivity (Wildman–Crippen MR) is 73.4 cm³/mol. The molecule has 1 fully saturated rings. The van der Waals surface area contributed by atoms with Gasteiger partial charge in [0.1, 0.15) is 0 Å². The van der Waals surface area contributed by atoms with Gasteiger partial charge in [-0.15, -0.1) is 0 Å². The van der Waals surface area contributed by atoms with Crippen LogP contribution in [0.3, 0.4) is 0 Å². The maximum Gasteiger partial charge on any atom is 0.0951 e. The average molecular weight is 251 g/mol. The van der Waals surface area contributed by atoms with Gasteiger partial charge in [-0.25, -0.2) is 4.98 Å². The molecular weight excluding hydrogens is 226 g/mol. The van der Waals surface area contributed by atoms with Crippen LogP contribution in [0.4, 0.5) is 0 Å². The Morgan fingerprint density at radius 3 is 2.89 bits per heavy atom. The molecule has 2 heterocycles. The molecule has 1 aliphatic rings. The maximum atomic E-state index is 5.89. The van der Waals surface area contributed by atoms with Crippen molar-refractivity contribution in [1.82, 2.24) is 19.4 Å². The topological polar surface area (TPSA) is 50.3 Å². The molecule has 0 saturated carbocycles. The van der Waals surface area contributed by atoms with Gasteiger partial charge in [-0.1, -0.05) is 0 Å². The molecule has 0 aliphatic carbocycles. The summed E-state index contributed by atoms with van der Waals surface area (Å²) in [6.45, 7) is 9.32. The van der Waals surface area contributed by atoms with Crippen LogP contribution in [0.2, 0.25) is 0 Å². The van der Waals surface area contributed by atoms with E-state index in [-0.39, 0.29) is 0 Å². The Balaban J connectivity index is 2.05. The first-order chi connectivity index (χ1) is 8.61. The van der Waals surface area contributed by atoms with Crippen LogP contribution in [-0.2, 0) is 6.54 Å². The summed E-state index contributed by atoms with van der Waals surface area (Å²) >= 11 is 0. The lowest BCUT2D eigenvalue weighted by atomic mass is 10.1. The molecule has 1 aromatic rings. The summed E-state index contributed by atoms with van der Waals surface area (Å²) in [6.07, 6.45) is 3.90. The number of nitrogens with zero attached hydrogens (tertiary/aromatic N) is 4. The molecule has 1 aromatic heterocycles. The molecule has 0 amide bonds. The molecule has 0 aromatic carbocycles. The highest BCUT2D eigenvalue weighted by Gasteiger charge is 2.24. The quantitative estimate of drug-likeness (QED) is 0.848. The van der Waals surface area contributed by atoms with Gasteiger partial charge >= 0.3 is 0 Å². The Kier molecular flexibility index (Phi) is 4.37. The number of piperazine rings is 1. The molecule has 102 valence electrons. The molecule has 1 aliphatic heterocycles. The summed E-state index contributed by atoms with van der Waals surface area (Å²) < 4.78 is 2.24. The summed E-state index contributed by atoms with van der Waals surface area (Å²) in [6, 6.07) is 0.922. The van der Waals surface area contributed by atoms with Crippen LogP contribution in [0.1, 0.15) is 25.6 Å². The van der Waals surface area contributed by atoms with Crippen LogP contribution in [0.5, 0.6) is 0 Å². The molecular formula is C13H25N5. The van der Waals surface area contributed by atoms with Gasteiger partial charge in [0.15, 0.2) is 0 Å². The highest BCUT2D eigenvalue weighted by molar-refractivity contribution is 5.01. The lowest BCUT2D eigenvalue weighted by molar-refractivity contribution is 0.0857. The fraction of sp³-hybridized carbons (Fsp3) is 0.769. The number of likely N-dealkylation sites (N-methyl/N-ethyl adjacent to an activating group) is 1. The fourth-order valence-corrected chi connectivity index (χ4v) is 2.61. The highest BCUT2D eigenvalue weighted by atomic mass is 15.3. The second kappa shape index (κ2) is 5.82. The largest absolute Gasteiger partial charge is 0.331 e. The Labute approximate surface area is 110 Å². The van der Waals surface area contributed by atoms with Crippen LogP contribution >= 0.6 is 0 Å². The van der Waals surface area contributed by atoms with Crippen molar-refractivity contribution in [3.63, 3.8) is 0 Å². The van der Waals surface area contributed by atoms with Crippen LogP contribution < -0.4 is 5.73 Å². The summed E-state index contributed by atoms with van der Waals surface area (Å²) in [7, 11) is 2.17. The second-order valence-corrected chi connectivity index (χ2v) is 5.51. The zero-order valence-corrected chi connectivity index (χ0v) is 11.7. The third-order valence-electron chi connectivity index (χ3n) is 3.75. The molecule has 0 spiro atoms. The van der Waals surface area contributed by atoms with Gasteiger partial charge in [-0.3, -0.25) is 4.90 Å². The van der Waals surface area contributed by atoms with Crippen molar-refractivity contribution in [2.75, 3.05) is 33.2 Å². The van der Waals surface area contributed by atoms with E-state index in [1.807, 2.05) is 12.5 Å². The standard InChI is InChI=1S/C13H25N5/c1-11(2)18-10-15-7-13(18)9-17-5-4-16(3)8-12(17)6-14/h7,10-12H,4-6,8-9,14H2,1-3H3. The number of rotatable bonds is 4. The highest BCUT2D eigenvalue weighted by Crippen LogP contribution is 2.15. The lowest BCUT2D eigenvalue weighted by Crippen LogP contribution is -2.54. The minimum absolute atomic E-state index is 0.458. The normalized spacial score (nSPS) is 22.8. The minimum Gasteiger partial charge on any atom is -0.331 e. The van der Waals surface area contributed by atoms with Gasteiger partial charge in [-0.2, -0.15) is 0 Å². The van der Waals surface area contributed by atoms with Gasteiger partial charge in [-0.05, 0) is 20.9 Å². The van der Waals surface area contributed by atoms with Crippen molar-refractivity contribution >= 4 is 0 Å². The maximum absolute atomic E-state index is 5.89. The average Bonchev–Trinajstić information content (AvgIpc) is 2.79. The van der Waals surface area contributed by atoms with E-state index in [2.05, 4.69) is 40.2 Å². The molecule has 2 N–H and O–H groups in total. The molecule has 5 heteroatoms. The Morgan fingerprint density at radius 1 is 1.44 bits per heavy atom. The van der Waals surface area contributed by atoms with E-state index in [1.165, 1.54) is 5.69 Å². The van der Waals surface area contributed by atoms with E-state index in [9.17, 15) is 0 Å². The summed E-state index contributed by atoms with van der Waals surface area (Å²) in [5, 5.41) is 0. The van der Waals surface area contributed by atoms with Crippen LogP contribution in [-0.4, -0.2) is 58.6 Å². The molecule has 18 heavy (non-hydrogen) atoms. The molecule has 0 radical (unpaired) electrons. The van der Waals surface area contributed by atoms with E-state index < -0.39 is 0 Å². The molecule has 2 rings (SSSR count). The first-order valence-corrected chi connectivity index (χ1v) is 6.75. The van der Waals surface area contributed by atoms with Gasteiger partial charge < -0.3 is 15.2 Å². The third kappa shape index (κ3) is 2.91. The third-order valence-corrected chi connectivity index (χ3v) is 3.75. The minimum atomic E-state index is 0.458. The smallest absolute Gasteiger partial charge is 0.0951 e. The zero-order chi connectivity index (χ0) is 13.1. The number of aromatic nitrogens is 2. The molecule has 1 saturated heterocycles. The SMILES string of the molecule is CC(C)n1cncc1CN1CCN(C)CC1CN. The summed E-state index contributed by atoms with van der Waals surface area (Å²) in [5.74, 6) is 0. The van der Waals surface area contributed by atoms with Crippen molar-refractivity contribution in [2.24, 2.45) is 5.73 Å². The second-order valence-electron chi connectivity index (χ2n) is 5.51. The van der Waals surface area contributed by atoms with Crippen molar-refractivity contribution in [3.8, 4) is 0 Å². The molecule has 1 atom stereocenters. The van der Waals surface area contributed by atoms with Crippen molar-refractivity contribution < 1.29 is 0 Å². The van der Waals surface area contributed by atoms with Crippen LogP contribution in [0.25, 0.3) is 0 Å². The van der Waals surface area contributed by atoms with Crippen molar-refractivity contribution in [3.05, 3.63) is 18.2 Å². The van der Waals surface area contributed by atoms with Crippen LogP contribution in [0.15, 0.2) is 12.5 Å². The number of nitrogens with two attached hydrogens (primary N) is 1. The van der Waals surface area contributed by atoms with E-state index in [1.54, 1.807) is 0 Å². The van der Waals surface area contributed by atoms with Gasteiger partial charge in [0.05, 0.1) is 12.0 Å². The summed E-state index contributed by atoms with van der Waals surface area (Å²) in [4.78, 5) is 9.11. The van der Waals surface area contributed by atoms with Gasteiger partial charge in [0.2, 0.25) is 0 Å². The molecule has 1 unspecified atom stereocenters. The van der Waals surface area contributed by atoms with Crippen LogP contribution in [0, 0.1) is 0 Å². The van der Waals surface area contributed by atoms with Gasteiger partial charge in [0, 0.05) is 51.0 Å². The summed E-state index contributed by atoms with van der Waals surface area (Å²) in [5.41, 5.74) is 7.18. The van der Waals surface area contributed by atoms with Crippen molar-refractivity contribution in [1.29, 1.82) is 0 Å². The predicted octanol–water partition coefficient (Wildman–Crippen LogP) is 0.539. The Bertz CT molecular complexity index is 373. The Morgan fingerprint density at radius 2 is 2.22 bits per heavy atom. The van der Waals surface area contributed by atoms with E-state index in [4.69, 9.17) is 5.73 Å². The first kappa shape index (κ1) is 13.5. The fourth-order valence-electron chi connectivity index (χ4n) is 2.61. The Hall–Kier alpha value is -0.910. The lowest BCUT2D eigenvalue weighted by Gasteiger charge is -2.39. The number of hydrogen-bond acceptors (Lipinski definition) is 4. The number of imidazole rings is 1. The first-order valence-electron chi connectivity index (χ1n) is 6.75. The van der Waals surface area contributed by atoms with E-state index >= 15 is 0 Å². The molecule has 0 bridgehead atoms. The number of hydrogen-bond donors (Lipinski definition) is 1. The van der Waals surface area contributed by atoms with E-state index in [0.29, 0.717) is 12.1 Å². The monoisotopic (exact) mass is 251 g/mol. The van der Waals surface area contributed by atoms with Gasteiger partial charge in [0.25, 0.3) is 0 Å².